The van der Waals surface area contributed by atoms with Crippen LogP contribution in [0, 0.1) is 5.92 Å². The molecule has 0 aromatic carbocycles. The quantitative estimate of drug-likeness (QED) is 0.582. The molecule has 0 fully saturated rings. The standard InChI is InChI=1S/C9H18N2O3/c1-4-5(2)7(10)8(12)11-6(3)9(13)14/h5-7H,4,10H2,1-3H3,(H,11,12)(H,13,14)/t5?,6?,7-/m0/s1. The Morgan fingerprint density at radius 1 is 1.43 bits per heavy atom. The topological polar surface area (TPSA) is 92.4 Å². The number of carboxylic acids is 1. The molecule has 0 aliphatic heterocycles. The van der Waals surface area contributed by atoms with Crippen LogP contribution >= 0.6 is 0 Å². The Balaban J connectivity index is 4.14. The second-order valence-electron chi connectivity index (χ2n) is 3.48. The van der Waals surface area contributed by atoms with Crippen LogP contribution in [-0.2, 0) is 9.59 Å². The normalized spacial score (nSPS) is 16.9. The van der Waals surface area contributed by atoms with Crippen LogP contribution in [0.2, 0.25) is 0 Å². The highest BCUT2D eigenvalue weighted by molar-refractivity contribution is 5.86. The summed E-state index contributed by atoms with van der Waals surface area (Å²) in [6, 6.07) is -1.53. The number of rotatable bonds is 5. The van der Waals surface area contributed by atoms with E-state index in [2.05, 4.69) is 5.32 Å². The SMILES string of the molecule is CCC(C)[C@H](N)C(=O)NC(C)C(=O)O. The fourth-order valence-corrected chi connectivity index (χ4v) is 0.884. The van der Waals surface area contributed by atoms with E-state index < -0.39 is 24.0 Å². The maximum Gasteiger partial charge on any atom is 0.325 e. The molecule has 0 rings (SSSR count). The molecule has 0 saturated carbocycles. The van der Waals surface area contributed by atoms with Gasteiger partial charge in [0.25, 0.3) is 0 Å². The summed E-state index contributed by atoms with van der Waals surface area (Å²) in [5.41, 5.74) is 5.61. The van der Waals surface area contributed by atoms with Crippen molar-refractivity contribution in [2.24, 2.45) is 11.7 Å². The zero-order chi connectivity index (χ0) is 11.3. The lowest BCUT2D eigenvalue weighted by molar-refractivity contribution is -0.141. The molecule has 0 aromatic heterocycles. The summed E-state index contributed by atoms with van der Waals surface area (Å²) in [7, 11) is 0. The molecule has 2 unspecified atom stereocenters. The summed E-state index contributed by atoms with van der Waals surface area (Å²) >= 11 is 0. The van der Waals surface area contributed by atoms with E-state index in [4.69, 9.17) is 10.8 Å². The van der Waals surface area contributed by atoms with Gasteiger partial charge < -0.3 is 16.2 Å². The van der Waals surface area contributed by atoms with Crippen molar-refractivity contribution in [2.75, 3.05) is 0 Å². The van der Waals surface area contributed by atoms with Crippen molar-refractivity contribution in [1.82, 2.24) is 5.32 Å². The van der Waals surface area contributed by atoms with E-state index in [-0.39, 0.29) is 5.92 Å². The molecule has 0 heterocycles. The van der Waals surface area contributed by atoms with E-state index >= 15 is 0 Å². The molecule has 82 valence electrons. The summed E-state index contributed by atoms with van der Waals surface area (Å²) in [5, 5.41) is 10.9. The summed E-state index contributed by atoms with van der Waals surface area (Å²) in [5.74, 6) is -1.42. The first-order chi connectivity index (χ1) is 6.40. The molecule has 0 radical (unpaired) electrons. The first kappa shape index (κ1) is 12.9. The van der Waals surface area contributed by atoms with Crippen molar-refractivity contribution in [1.29, 1.82) is 0 Å². The number of nitrogens with one attached hydrogen (secondary N) is 1. The predicted molar refractivity (Wildman–Crippen MR) is 52.7 cm³/mol. The third kappa shape index (κ3) is 3.74. The molecule has 1 amide bonds. The van der Waals surface area contributed by atoms with Gasteiger partial charge in [-0.2, -0.15) is 0 Å². The maximum atomic E-state index is 11.4. The van der Waals surface area contributed by atoms with Gasteiger partial charge in [-0.05, 0) is 12.8 Å². The minimum atomic E-state index is -1.06. The average Bonchev–Trinajstić information content (AvgIpc) is 2.14. The molecule has 0 saturated heterocycles. The zero-order valence-corrected chi connectivity index (χ0v) is 8.78. The molecular weight excluding hydrogens is 184 g/mol. The van der Waals surface area contributed by atoms with Crippen LogP contribution in [0.5, 0.6) is 0 Å². The van der Waals surface area contributed by atoms with Crippen LogP contribution in [0.25, 0.3) is 0 Å². The summed E-state index contributed by atoms with van der Waals surface area (Å²) in [6.07, 6.45) is 0.788. The Morgan fingerprint density at radius 2 is 1.93 bits per heavy atom. The van der Waals surface area contributed by atoms with E-state index in [0.29, 0.717) is 0 Å². The smallest absolute Gasteiger partial charge is 0.325 e. The molecule has 5 heteroatoms. The van der Waals surface area contributed by atoms with Gasteiger partial charge in [-0.25, -0.2) is 0 Å². The van der Waals surface area contributed by atoms with E-state index in [1.165, 1.54) is 6.92 Å². The lowest BCUT2D eigenvalue weighted by Crippen LogP contribution is -2.49. The first-order valence-corrected chi connectivity index (χ1v) is 4.68. The van der Waals surface area contributed by atoms with Gasteiger partial charge in [-0.15, -0.1) is 0 Å². The zero-order valence-electron chi connectivity index (χ0n) is 8.78. The number of carboxylic acid groups (broad SMARTS) is 1. The Labute approximate surface area is 83.7 Å². The van der Waals surface area contributed by atoms with Crippen LogP contribution < -0.4 is 11.1 Å². The van der Waals surface area contributed by atoms with Crippen LogP contribution in [0.15, 0.2) is 0 Å². The fraction of sp³-hybridized carbons (Fsp3) is 0.778. The molecular formula is C9H18N2O3. The first-order valence-electron chi connectivity index (χ1n) is 4.68. The van der Waals surface area contributed by atoms with Gasteiger partial charge in [0.1, 0.15) is 6.04 Å². The lowest BCUT2D eigenvalue weighted by Gasteiger charge is -2.19. The predicted octanol–water partition coefficient (Wildman–Crippen LogP) is -0.0509. The number of hydrogen-bond donors (Lipinski definition) is 3. The van der Waals surface area contributed by atoms with E-state index in [0.717, 1.165) is 6.42 Å². The van der Waals surface area contributed by atoms with Gasteiger partial charge in [0.05, 0.1) is 6.04 Å². The van der Waals surface area contributed by atoms with Crippen LogP contribution in [0.1, 0.15) is 27.2 Å². The van der Waals surface area contributed by atoms with E-state index in [1.54, 1.807) is 0 Å². The monoisotopic (exact) mass is 202 g/mol. The van der Waals surface area contributed by atoms with Crippen molar-refractivity contribution in [2.45, 2.75) is 39.3 Å². The van der Waals surface area contributed by atoms with Gasteiger partial charge in [0.15, 0.2) is 0 Å². The maximum absolute atomic E-state index is 11.4. The third-order valence-electron chi connectivity index (χ3n) is 2.29. The number of carbonyl (C=O) groups excluding carboxylic acids is 1. The summed E-state index contributed by atoms with van der Waals surface area (Å²) in [6.45, 7) is 5.19. The number of nitrogens with two attached hydrogens (primary N) is 1. The highest BCUT2D eigenvalue weighted by Crippen LogP contribution is 2.05. The van der Waals surface area contributed by atoms with E-state index in [9.17, 15) is 9.59 Å². The Bertz CT molecular complexity index is 218. The Kier molecular flexibility index (Phi) is 5.15. The van der Waals surface area contributed by atoms with Crippen LogP contribution in [-0.4, -0.2) is 29.1 Å². The van der Waals surface area contributed by atoms with Gasteiger partial charge in [-0.1, -0.05) is 20.3 Å². The highest BCUT2D eigenvalue weighted by atomic mass is 16.4. The van der Waals surface area contributed by atoms with E-state index in [1.807, 2.05) is 13.8 Å². The van der Waals surface area contributed by atoms with Crippen molar-refractivity contribution in [3.63, 3.8) is 0 Å². The summed E-state index contributed by atoms with van der Waals surface area (Å²) < 4.78 is 0. The van der Waals surface area contributed by atoms with Crippen molar-refractivity contribution < 1.29 is 14.7 Å². The number of aliphatic carboxylic acids is 1. The van der Waals surface area contributed by atoms with Gasteiger partial charge in [-0.3, -0.25) is 9.59 Å². The second-order valence-corrected chi connectivity index (χ2v) is 3.48. The largest absolute Gasteiger partial charge is 0.480 e. The van der Waals surface area contributed by atoms with Crippen molar-refractivity contribution >= 4 is 11.9 Å². The lowest BCUT2D eigenvalue weighted by atomic mass is 9.99. The van der Waals surface area contributed by atoms with Gasteiger partial charge >= 0.3 is 5.97 Å². The molecule has 0 aliphatic carbocycles. The molecule has 4 N–H and O–H groups in total. The average molecular weight is 202 g/mol. The molecule has 3 atom stereocenters. The fourth-order valence-electron chi connectivity index (χ4n) is 0.884. The van der Waals surface area contributed by atoms with Crippen LogP contribution in [0.3, 0.4) is 0 Å². The molecule has 0 bridgehead atoms. The van der Waals surface area contributed by atoms with Gasteiger partial charge in [0, 0.05) is 0 Å². The molecule has 0 aromatic rings. The van der Waals surface area contributed by atoms with Crippen molar-refractivity contribution in [3.05, 3.63) is 0 Å². The minimum Gasteiger partial charge on any atom is -0.480 e. The number of carbonyl (C=O) groups is 2. The Morgan fingerprint density at radius 3 is 2.29 bits per heavy atom. The molecule has 5 nitrogen and oxygen atoms in total. The molecule has 0 aliphatic rings. The minimum absolute atomic E-state index is 0.0518. The second kappa shape index (κ2) is 5.59. The molecule has 14 heavy (non-hydrogen) atoms. The van der Waals surface area contributed by atoms with Crippen LogP contribution in [0.4, 0.5) is 0 Å². The summed E-state index contributed by atoms with van der Waals surface area (Å²) in [4.78, 5) is 21.8. The Hall–Kier alpha value is -1.10. The van der Waals surface area contributed by atoms with Crippen molar-refractivity contribution in [3.8, 4) is 0 Å². The third-order valence-corrected chi connectivity index (χ3v) is 2.29. The highest BCUT2D eigenvalue weighted by Gasteiger charge is 2.22. The number of amides is 1. The van der Waals surface area contributed by atoms with Gasteiger partial charge in [0.2, 0.25) is 5.91 Å². The number of hydrogen-bond acceptors (Lipinski definition) is 3. The molecule has 0 spiro atoms.